The summed E-state index contributed by atoms with van der Waals surface area (Å²) in [6.45, 7) is 13.0. The molecule has 2 aromatic rings. The van der Waals surface area contributed by atoms with Gasteiger partial charge >= 0.3 is 5.97 Å². The lowest BCUT2D eigenvalue weighted by Crippen LogP contribution is -2.47. The van der Waals surface area contributed by atoms with Crippen LogP contribution >= 0.6 is 0 Å². The first-order valence-corrected chi connectivity index (χ1v) is 10.5. The van der Waals surface area contributed by atoms with E-state index in [0.717, 1.165) is 12.0 Å². The van der Waals surface area contributed by atoms with E-state index in [1.54, 1.807) is 44.7 Å². The van der Waals surface area contributed by atoms with Gasteiger partial charge in [-0.05, 0) is 71.2 Å². The van der Waals surface area contributed by atoms with Crippen LogP contribution < -0.4 is 0 Å². The van der Waals surface area contributed by atoms with E-state index >= 15 is 0 Å². The minimum atomic E-state index is -0.688. The summed E-state index contributed by atoms with van der Waals surface area (Å²) in [6.07, 6.45) is 0.895. The van der Waals surface area contributed by atoms with Crippen LogP contribution in [0.2, 0.25) is 0 Å². The summed E-state index contributed by atoms with van der Waals surface area (Å²) >= 11 is 0. The minimum Gasteiger partial charge on any atom is -0.461 e. The van der Waals surface area contributed by atoms with Gasteiger partial charge in [-0.25, -0.2) is 4.79 Å². The number of benzene rings is 1. The monoisotopic (exact) mass is 412 g/mol. The number of esters is 1. The highest BCUT2D eigenvalue weighted by atomic mass is 16.5. The van der Waals surface area contributed by atoms with Crippen LogP contribution in [-0.2, 0) is 11.2 Å². The number of ketones is 1. The van der Waals surface area contributed by atoms with Gasteiger partial charge in [-0.15, -0.1) is 0 Å². The lowest BCUT2D eigenvalue weighted by Gasteiger charge is -2.32. The van der Waals surface area contributed by atoms with Crippen molar-refractivity contribution in [1.29, 1.82) is 0 Å². The summed E-state index contributed by atoms with van der Waals surface area (Å²) in [6, 6.07) is 6.62. The largest absolute Gasteiger partial charge is 0.461 e. The quantitative estimate of drug-likeness (QED) is 0.512. The van der Waals surface area contributed by atoms with E-state index in [1.165, 1.54) is 0 Å². The second-order valence-electron chi connectivity index (χ2n) is 7.74. The second-order valence-corrected chi connectivity index (χ2v) is 7.74. The zero-order chi connectivity index (χ0) is 22.6. The highest BCUT2D eigenvalue weighted by molar-refractivity contribution is 6.07. The smallest absolute Gasteiger partial charge is 0.355 e. The molecule has 1 N–H and O–H groups in total. The fraction of sp³-hybridized carbons (Fsp3) is 0.458. The number of ether oxygens (including phenoxy) is 1. The van der Waals surface area contributed by atoms with E-state index in [-0.39, 0.29) is 30.0 Å². The number of rotatable bonds is 8. The number of aryl methyl sites for hydroxylation is 2. The van der Waals surface area contributed by atoms with Gasteiger partial charge in [-0.2, -0.15) is 0 Å². The van der Waals surface area contributed by atoms with Gasteiger partial charge in [-0.3, -0.25) is 9.59 Å². The molecule has 0 fully saturated rings. The molecule has 0 aliphatic carbocycles. The Hall–Kier alpha value is -2.89. The predicted octanol–water partition coefficient (Wildman–Crippen LogP) is 4.49. The number of carbonyl (C=O) groups excluding carboxylic acids is 3. The first-order valence-electron chi connectivity index (χ1n) is 10.5. The summed E-state index contributed by atoms with van der Waals surface area (Å²) in [5, 5.41) is 0. The maximum atomic E-state index is 13.4. The Labute approximate surface area is 178 Å². The summed E-state index contributed by atoms with van der Waals surface area (Å²) in [4.78, 5) is 43.4. The molecule has 0 bridgehead atoms. The third kappa shape index (κ3) is 4.64. The van der Waals surface area contributed by atoms with Gasteiger partial charge in [0.2, 0.25) is 0 Å². The molecule has 162 valence electrons. The average molecular weight is 413 g/mol. The standard InChI is InChI=1S/C24H32N2O4/c1-8-18-10-12-19(13-11-18)23(28)26(14(3)4)17(7)22(27)20-15(5)21(25-16(20)6)24(29)30-9-2/h10-14,17,25H,8-9H2,1-7H3. The van der Waals surface area contributed by atoms with Crippen molar-refractivity contribution < 1.29 is 19.1 Å². The molecule has 1 atom stereocenters. The van der Waals surface area contributed by atoms with Crippen molar-refractivity contribution in [2.45, 2.75) is 67.0 Å². The third-order valence-corrected chi connectivity index (χ3v) is 5.36. The Kier molecular flexibility index (Phi) is 7.59. The number of hydrogen-bond acceptors (Lipinski definition) is 4. The van der Waals surface area contributed by atoms with Crippen LogP contribution in [0.4, 0.5) is 0 Å². The molecular weight excluding hydrogens is 380 g/mol. The van der Waals surface area contributed by atoms with Gasteiger partial charge < -0.3 is 14.6 Å². The third-order valence-electron chi connectivity index (χ3n) is 5.36. The van der Waals surface area contributed by atoms with E-state index in [2.05, 4.69) is 11.9 Å². The minimum absolute atomic E-state index is 0.175. The number of hydrogen-bond donors (Lipinski definition) is 1. The van der Waals surface area contributed by atoms with Crippen LogP contribution in [-0.4, -0.2) is 46.2 Å². The molecule has 0 aliphatic heterocycles. The van der Waals surface area contributed by atoms with E-state index in [9.17, 15) is 14.4 Å². The van der Waals surface area contributed by atoms with Crippen LogP contribution in [0, 0.1) is 13.8 Å². The SMILES string of the molecule is CCOC(=O)c1[nH]c(C)c(C(=O)C(C)N(C(=O)c2ccc(CC)cc2)C(C)C)c1C. The lowest BCUT2D eigenvalue weighted by molar-refractivity contribution is 0.0518. The highest BCUT2D eigenvalue weighted by Crippen LogP contribution is 2.24. The van der Waals surface area contributed by atoms with Crippen LogP contribution in [0.1, 0.15) is 82.6 Å². The molecule has 0 spiro atoms. The predicted molar refractivity (Wildman–Crippen MR) is 117 cm³/mol. The molecule has 2 rings (SSSR count). The molecule has 6 heteroatoms. The molecule has 0 saturated carbocycles. The molecule has 1 aromatic heterocycles. The molecule has 1 heterocycles. The van der Waals surface area contributed by atoms with Gasteiger partial charge in [0.05, 0.1) is 12.6 Å². The van der Waals surface area contributed by atoms with Crippen LogP contribution in [0.25, 0.3) is 0 Å². The Morgan fingerprint density at radius 1 is 1.03 bits per heavy atom. The van der Waals surface area contributed by atoms with Gasteiger partial charge in [0.15, 0.2) is 5.78 Å². The Balaban J connectivity index is 2.37. The summed E-state index contributed by atoms with van der Waals surface area (Å²) < 4.78 is 5.07. The summed E-state index contributed by atoms with van der Waals surface area (Å²) in [7, 11) is 0. The first-order chi connectivity index (χ1) is 14.1. The van der Waals surface area contributed by atoms with E-state index in [0.29, 0.717) is 22.4 Å². The van der Waals surface area contributed by atoms with Crippen molar-refractivity contribution in [2.24, 2.45) is 0 Å². The Bertz CT molecular complexity index is 925. The number of aromatic amines is 1. The Morgan fingerprint density at radius 3 is 2.13 bits per heavy atom. The zero-order valence-electron chi connectivity index (χ0n) is 19.0. The Morgan fingerprint density at radius 2 is 1.63 bits per heavy atom. The molecule has 6 nitrogen and oxygen atoms in total. The maximum Gasteiger partial charge on any atom is 0.355 e. The molecule has 30 heavy (non-hydrogen) atoms. The van der Waals surface area contributed by atoms with Crippen molar-refractivity contribution in [3.63, 3.8) is 0 Å². The van der Waals surface area contributed by atoms with E-state index < -0.39 is 12.0 Å². The highest BCUT2D eigenvalue weighted by Gasteiger charge is 2.33. The van der Waals surface area contributed by atoms with Crippen molar-refractivity contribution in [3.8, 4) is 0 Å². The maximum absolute atomic E-state index is 13.4. The van der Waals surface area contributed by atoms with Crippen molar-refractivity contribution in [2.75, 3.05) is 6.61 Å². The fourth-order valence-electron chi connectivity index (χ4n) is 3.75. The number of Topliss-reactive ketones (excluding diaryl/α,β-unsaturated/α-hetero) is 1. The van der Waals surface area contributed by atoms with Crippen LogP contribution in [0.15, 0.2) is 24.3 Å². The van der Waals surface area contributed by atoms with Gasteiger partial charge in [0.1, 0.15) is 5.69 Å². The van der Waals surface area contributed by atoms with E-state index in [4.69, 9.17) is 4.74 Å². The molecule has 1 amide bonds. The van der Waals surface area contributed by atoms with Gasteiger partial charge in [0, 0.05) is 22.9 Å². The number of aromatic nitrogens is 1. The van der Waals surface area contributed by atoms with Crippen molar-refractivity contribution in [1.82, 2.24) is 9.88 Å². The lowest BCUT2D eigenvalue weighted by atomic mass is 9.98. The second kappa shape index (κ2) is 9.74. The van der Waals surface area contributed by atoms with Gasteiger partial charge in [0.25, 0.3) is 5.91 Å². The van der Waals surface area contributed by atoms with Crippen LogP contribution in [0.3, 0.4) is 0 Å². The molecular formula is C24H32N2O4. The molecule has 1 aromatic carbocycles. The molecule has 0 radical (unpaired) electrons. The summed E-state index contributed by atoms with van der Waals surface area (Å²) in [5.74, 6) is -0.883. The van der Waals surface area contributed by atoms with E-state index in [1.807, 2.05) is 26.0 Å². The topological polar surface area (TPSA) is 79.5 Å². The normalized spacial score (nSPS) is 12.0. The van der Waals surface area contributed by atoms with Crippen molar-refractivity contribution >= 4 is 17.7 Å². The number of H-pyrrole nitrogens is 1. The summed E-state index contributed by atoms with van der Waals surface area (Å²) in [5.41, 5.74) is 3.56. The van der Waals surface area contributed by atoms with Crippen molar-refractivity contribution in [3.05, 3.63) is 57.9 Å². The number of nitrogens with zero attached hydrogens (tertiary/aromatic N) is 1. The first kappa shape index (κ1) is 23.4. The average Bonchev–Trinajstić information content (AvgIpc) is 3.01. The zero-order valence-corrected chi connectivity index (χ0v) is 19.0. The fourth-order valence-corrected chi connectivity index (χ4v) is 3.75. The van der Waals surface area contributed by atoms with Crippen LogP contribution in [0.5, 0.6) is 0 Å². The number of amides is 1. The number of nitrogens with one attached hydrogen (secondary N) is 1. The van der Waals surface area contributed by atoms with Gasteiger partial charge in [-0.1, -0.05) is 19.1 Å². The molecule has 1 unspecified atom stereocenters. The molecule has 0 saturated heterocycles. The molecule has 0 aliphatic rings. The number of carbonyl (C=O) groups is 3.